The lowest BCUT2D eigenvalue weighted by Gasteiger charge is -2.19. The number of benzene rings is 1. The Balaban J connectivity index is 1.78. The van der Waals surface area contributed by atoms with Gasteiger partial charge in [0.2, 0.25) is 0 Å². The minimum atomic E-state index is 0.479. The van der Waals surface area contributed by atoms with Crippen LogP contribution >= 0.6 is 0 Å². The summed E-state index contributed by atoms with van der Waals surface area (Å²) in [6.07, 6.45) is 9.55. The van der Waals surface area contributed by atoms with Crippen LogP contribution < -0.4 is 5.32 Å². The molecule has 2 rings (SSSR count). The van der Waals surface area contributed by atoms with Crippen LogP contribution in [0.4, 0.5) is 0 Å². The van der Waals surface area contributed by atoms with Crippen molar-refractivity contribution in [1.29, 1.82) is 0 Å². The third-order valence-corrected chi connectivity index (χ3v) is 3.58. The van der Waals surface area contributed by atoms with E-state index in [0.717, 1.165) is 25.2 Å². The second-order valence-corrected chi connectivity index (χ2v) is 5.20. The van der Waals surface area contributed by atoms with Gasteiger partial charge in [-0.3, -0.25) is 0 Å². The van der Waals surface area contributed by atoms with Crippen molar-refractivity contribution in [2.24, 2.45) is 0 Å². The molecule has 0 fully saturated rings. The van der Waals surface area contributed by atoms with Crippen LogP contribution in [0.2, 0.25) is 0 Å². The third-order valence-electron chi connectivity index (χ3n) is 3.58. The Morgan fingerprint density at radius 2 is 2.05 bits per heavy atom. The molecule has 1 atom stereocenters. The molecule has 2 aromatic rings. The average Bonchev–Trinajstić information content (AvgIpc) is 3.01. The first-order chi connectivity index (χ1) is 9.90. The number of aromatic nitrogens is 2. The molecule has 2 N–H and O–H groups in total. The zero-order valence-electron chi connectivity index (χ0n) is 12.3. The first-order valence-electron chi connectivity index (χ1n) is 7.66. The predicted octanol–water partition coefficient (Wildman–Crippen LogP) is 3.86. The van der Waals surface area contributed by atoms with Crippen LogP contribution in [0.15, 0.2) is 42.7 Å². The fraction of sp³-hybridized carbons (Fsp3) is 0.471. The van der Waals surface area contributed by atoms with Crippen LogP contribution in [-0.4, -0.2) is 16.5 Å². The molecule has 0 saturated heterocycles. The minimum Gasteiger partial charge on any atom is -0.349 e. The number of hydrogen-bond acceptors (Lipinski definition) is 2. The minimum absolute atomic E-state index is 0.479. The molecular weight excluding hydrogens is 246 g/mol. The highest BCUT2D eigenvalue weighted by molar-refractivity contribution is 5.18. The second-order valence-electron chi connectivity index (χ2n) is 5.20. The maximum absolute atomic E-state index is 4.26. The number of H-pyrrole nitrogens is 1. The molecule has 1 unspecified atom stereocenters. The Morgan fingerprint density at radius 1 is 1.20 bits per heavy atom. The van der Waals surface area contributed by atoms with Gasteiger partial charge in [-0.2, -0.15) is 0 Å². The normalized spacial score (nSPS) is 12.4. The summed E-state index contributed by atoms with van der Waals surface area (Å²) in [5, 5.41) is 3.69. The summed E-state index contributed by atoms with van der Waals surface area (Å²) in [6.45, 7) is 3.28. The Hall–Kier alpha value is -1.61. The van der Waals surface area contributed by atoms with Gasteiger partial charge in [0, 0.05) is 24.9 Å². The number of unbranched alkanes of at least 4 members (excludes halogenated alkanes) is 1. The lowest BCUT2D eigenvalue weighted by molar-refractivity contribution is 0.475. The lowest BCUT2D eigenvalue weighted by Crippen LogP contribution is -2.23. The van der Waals surface area contributed by atoms with E-state index in [1.165, 1.54) is 24.8 Å². The molecule has 0 saturated carbocycles. The zero-order chi connectivity index (χ0) is 14.0. The van der Waals surface area contributed by atoms with Gasteiger partial charge in [-0.15, -0.1) is 0 Å². The summed E-state index contributed by atoms with van der Waals surface area (Å²) in [7, 11) is 0. The number of hydrogen-bond donors (Lipinski definition) is 2. The lowest BCUT2D eigenvalue weighted by atomic mass is 10.0. The summed E-state index contributed by atoms with van der Waals surface area (Å²) < 4.78 is 0. The SMILES string of the molecule is CCCCC(NCCCc1ncc[nH]1)c1ccccc1. The average molecular weight is 271 g/mol. The van der Waals surface area contributed by atoms with Gasteiger partial charge in [-0.05, 0) is 24.9 Å². The molecule has 108 valence electrons. The Labute approximate surface area is 121 Å². The number of rotatable bonds is 9. The zero-order valence-corrected chi connectivity index (χ0v) is 12.3. The standard InChI is InChI=1S/C17H25N3/c1-2-3-10-16(15-8-5-4-6-9-15)18-12-7-11-17-19-13-14-20-17/h4-6,8-9,13-14,16,18H,2-3,7,10-12H2,1H3,(H,19,20). The number of aryl methyl sites for hydroxylation is 1. The summed E-state index contributed by atoms with van der Waals surface area (Å²) in [5.41, 5.74) is 1.40. The molecular formula is C17H25N3. The molecule has 0 aliphatic heterocycles. The number of imidazole rings is 1. The van der Waals surface area contributed by atoms with Crippen LogP contribution in [0.1, 0.15) is 50.0 Å². The highest BCUT2D eigenvalue weighted by Crippen LogP contribution is 2.19. The molecule has 0 amide bonds. The van der Waals surface area contributed by atoms with Crippen molar-refractivity contribution in [3.8, 4) is 0 Å². The molecule has 0 aliphatic carbocycles. The highest BCUT2D eigenvalue weighted by Gasteiger charge is 2.09. The van der Waals surface area contributed by atoms with Crippen LogP contribution in [0.5, 0.6) is 0 Å². The van der Waals surface area contributed by atoms with Gasteiger partial charge in [0.15, 0.2) is 0 Å². The molecule has 1 aromatic heterocycles. The van der Waals surface area contributed by atoms with E-state index in [1.807, 2.05) is 12.4 Å². The Kier molecular flexibility index (Phi) is 6.32. The number of nitrogens with one attached hydrogen (secondary N) is 2. The van der Waals surface area contributed by atoms with Crippen LogP contribution in [-0.2, 0) is 6.42 Å². The van der Waals surface area contributed by atoms with Crippen LogP contribution in [0, 0.1) is 0 Å². The topological polar surface area (TPSA) is 40.7 Å². The van der Waals surface area contributed by atoms with Crippen molar-refractivity contribution in [2.75, 3.05) is 6.54 Å². The molecule has 20 heavy (non-hydrogen) atoms. The van der Waals surface area contributed by atoms with Crippen molar-refractivity contribution in [3.05, 3.63) is 54.1 Å². The van der Waals surface area contributed by atoms with Crippen LogP contribution in [0.25, 0.3) is 0 Å². The van der Waals surface area contributed by atoms with Gasteiger partial charge >= 0.3 is 0 Å². The third kappa shape index (κ3) is 4.82. The van der Waals surface area contributed by atoms with Gasteiger partial charge in [0.05, 0.1) is 0 Å². The van der Waals surface area contributed by atoms with Crippen molar-refractivity contribution in [3.63, 3.8) is 0 Å². The van der Waals surface area contributed by atoms with Gasteiger partial charge in [0.1, 0.15) is 5.82 Å². The maximum atomic E-state index is 4.26. The summed E-state index contributed by atoms with van der Waals surface area (Å²) >= 11 is 0. The van der Waals surface area contributed by atoms with E-state index in [1.54, 1.807) is 0 Å². The quantitative estimate of drug-likeness (QED) is 0.680. The van der Waals surface area contributed by atoms with Crippen molar-refractivity contribution < 1.29 is 0 Å². The van der Waals surface area contributed by atoms with E-state index in [2.05, 4.69) is 52.5 Å². The second kappa shape index (κ2) is 8.54. The van der Waals surface area contributed by atoms with E-state index in [4.69, 9.17) is 0 Å². The van der Waals surface area contributed by atoms with Crippen molar-refractivity contribution >= 4 is 0 Å². The van der Waals surface area contributed by atoms with E-state index in [0.29, 0.717) is 6.04 Å². The van der Waals surface area contributed by atoms with Crippen LogP contribution in [0.3, 0.4) is 0 Å². The summed E-state index contributed by atoms with van der Waals surface area (Å²) in [5.74, 6) is 1.08. The van der Waals surface area contributed by atoms with Gasteiger partial charge < -0.3 is 10.3 Å². The molecule has 3 heteroatoms. The van der Waals surface area contributed by atoms with Gasteiger partial charge in [-0.25, -0.2) is 4.98 Å². The maximum Gasteiger partial charge on any atom is 0.106 e. The Morgan fingerprint density at radius 3 is 2.75 bits per heavy atom. The molecule has 0 aliphatic rings. The molecule has 0 bridgehead atoms. The molecule has 1 heterocycles. The fourth-order valence-electron chi connectivity index (χ4n) is 2.45. The van der Waals surface area contributed by atoms with Crippen molar-refractivity contribution in [2.45, 2.75) is 45.1 Å². The van der Waals surface area contributed by atoms with Gasteiger partial charge in [-0.1, -0.05) is 50.1 Å². The monoisotopic (exact) mass is 271 g/mol. The fourth-order valence-corrected chi connectivity index (χ4v) is 2.45. The Bertz CT molecular complexity index is 450. The molecule has 1 aromatic carbocycles. The van der Waals surface area contributed by atoms with Gasteiger partial charge in [0.25, 0.3) is 0 Å². The molecule has 0 radical (unpaired) electrons. The predicted molar refractivity (Wildman–Crippen MR) is 83.6 cm³/mol. The van der Waals surface area contributed by atoms with Crippen molar-refractivity contribution in [1.82, 2.24) is 15.3 Å². The molecule has 3 nitrogen and oxygen atoms in total. The number of aromatic amines is 1. The first kappa shape index (κ1) is 14.8. The highest BCUT2D eigenvalue weighted by atomic mass is 14.9. The van der Waals surface area contributed by atoms with E-state index in [-0.39, 0.29) is 0 Å². The largest absolute Gasteiger partial charge is 0.349 e. The summed E-state index contributed by atoms with van der Waals surface area (Å²) in [6, 6.07) is 11.3. The summed E-state index contributed by atoms with van der Waals surface area (Å²) in [4.78, 5) is 7.41. The van der Waals surface area contributed by atoms with E-state index >= 15 is 0 Å². The number of nitrogens with zero attached hydrogens (tertiary/aromatic N) is 1. The first-order valence-corrected chi connectivity index (χ1v) is 7.66. The smallest absolute Gasteiger partial charge is 0.106 e. The molecule has 0 spiro atoms. The van der Waals surface area contributed by atoms with E-state index < -0.39 is 0 Å². The van der Waals surface area contributed by atoms with E-state index in [9.17, 15) is 0 Å².